The van der Waals surface area contributed by atoms with Crippen molar-refractivity contribution in [3.05, 3.63) is 35.6 Å². The van der Waals surface area contributed by atoms with Gasteiger partial charge in [0.15, 0.2) is 0 Å². The van der Waals surface area contributed by atoms with E-state index < -0.39 is 0 Å². The molecule has 13 heavy (non-hydrogen) atoms. The van der Waals surface area contributed by atoms with Crippen molar-refractivity contribution < 1.29 is 9.13 Å². The highest BCUT2D eigenvalue weighted by atomic mass is 19.1. The molecule has 0 spiro atoms. The lowest BCUT2D eigenvalue weighted by Crippen LogP contribution is -2.06. The summed E-state index contributed by atoms with van der Waals surface area (Å²) in [6.07, 6.45) is 0. The van der Waals surface area contributed by atoms with E-state index in [9.17, 15) is 4.39 Å². The Kier molecular flexibility index (Phi) is 2.32. The molecule has 2 rings (SSSR count). The molecule has 1 heterocycles. The molecule has 0 N–H and O–H groups in total. The van der Waals surface area contributed by atoms with Crippen molar-refractivity contribution in [2.24, 2.45) is 5.92 Å². The Morgan fingerprint density at radius 2 is 1.92 bits per heavy atom. The molecule has 0 aromatic heterocycles. The number of benzene rings is 1. The summed E-state index contributed by atoms with van der Waals surface area (Å²) in [7, 11) is 0. The zero-order valence-electron chi connectivity index (χ0n) is 7.66. The van der Waals surface area contributed by atoms with Gasteiger partial charge in [0.1, 0.15) is 5.82 Å². The zero-order valence-corrected chi connectivity index (χ0v) is 7.66. The van der Waals surface area contributed by atoms with Gasteiger partial charge in [0.2, 0.25) is 0 Å². The zero-order chi connectivity index (χ0) is 9.26. The van der Waals surface area contributed by atoms with Crippen LogP contribution in [0.25, 0.3) is 0 Å². The normalized spacial score (nSPS) is 27.8. The van der Waals surface area contributed by atoms with E-state index in [1.807, 2.05) is 12.1 Å². The first-order valence-electron chi connectivity index (χ1n) is 4.60. The van der Waals surface area contributed by atoms with E-state index >= 15 is 0 Å². The molecular weight excluding hydrogens is 167 g/mol. The van der Waals surface area contributed by atoms with Gasteiger partial charge in [0, 0.05) is 12.5 Å². The van der Waals surface area contributed by atoms with Crippen molar-refractivity contribution in [3.63, 3.8) is 0 Å². The van der Waals surface area contributed by atoms with Gasteiger partial charge in [-0.3, -0.25) is 0 Å². The molecule has 1 fully saturated rings. The Morgan fingerprint density at radius 3 is 2.46 bits per heavy atom. The van der Waals surface area contributed by atoms with Gasteiger partial charge in [0.05, 0.1) is 6.61 Å². The molecule has 1 aromatic rings. The number of halogens is 1. The molecule has 0 radical (unpaired) electrons. The van der Waals surface area contributed by atoms with Crippen LogP contribution in [0.2, 0.25) is 0 Å². The SMILES string of the molecule is C[C@H]1COC[C@@H]1c1ccc(F)cc1. The Hall–Kier alpha value is -0.890. The highest BCUT2D eigenvalue weighted by molar-refractivity contribution is 5.21. The molecule has 2 atom stereocenters. The van der Waals surface area contributed by atoms with Crippen LogP contribution in [-0.4, -0.2) is 13.2 Å². The number of hydrogen-bond donors (Lipinski definition) is 0. The lowest BCUT2D eigenvalue weighted by molar-refractivity contribution is 0.186. The minimum Gasteiger partial charge on any atom is -0.381 e. The lowest BCUT2D eigenvalue weighted by Gasteiger charge is -2.12. The topological polar surface area (TPSA) is 9.23 Å². The molecule has 70 valence electrons. The highest BCUT2D eigenvalue weighted by Crippen LogP contribution is 2.30. The maximum absolute atomic E-state index is 12.6. The fourth-order valence-corrected chi connectivity index (χ4v) is 1.80. The summed E-state index contributed by atoms with van der Waals surface area (Å²) in [5.41, 5.74) is 1.19. The van der Waals surface area contributed by atoms with Crippen LogP contribution in [0.15, 0.2) is 24.3 Å². The molecule has 2 heteroatoms. The second-order valence-electron chi connectivity index (χ2n) is 3.67. The van der Waals surface area contributed by atoms with Crippen molar-refractivity contribution in [2.75, 3.05) is 13.2 Å². The second kappa shape index (κ2) is 3.46. The molecule has 0 aliphatic carbocycles. The summed E-state index contributed by atoms with van der Waals surface area (Å²) in [6, 6.07) is 6.73. The maximum atomic E-state index is 12.6. The Balaban J connectivity index is 2.20. The van der Waals surface area contributed by atoms with Crippen LogP contribution < -0.4 is 0 Å². The van der Waals surface area contributed by atoms with E-state index in [2.05, 4.69) is 6.92 Å². The molecular formula is C11H13FO. The van der Waals surface area contributed by atoms with E-state index in [0.29, 0.717) is 11.8 Å². The fraction of sp³-hybridized carbons (Fsp3) is 0.455. The van der Waals surface area contributed by atoms with Gasteiger partial charge in [-0.2, -0.15) is 0 Å². The smallest absolute Gasteiger partial charge is 0.123 e. The van der Waals surface area contributed by atoms with Gasteiger partial charge in [-0.25, -0.2) is 4.39 Å². The maximum Gasteiger partial charge on any atom is 0.123 e. The van der Waals surface area contributed by atoms with Gasteiger partial charge in [-0.05, 0) is 23.6 Å². The average molecular weight is 180 g/mol. The first kappa shape index (κ1) is 8.70. The lowest BCUT2D eigenvalue weighted by atomic mass is 9.90. The molecule has 0 unspecified atom stereocenters. The van der Waals surface area contributed by atoms with Gasteiger partial charge >= 0.3 is 0 Å². The molecule has 1 aliphatic heterocycles. The van der Waals surface area contributed by atoms with E-state index in [1.54, 1.807) is 0 Å². The van der Waals surface area contributed by atoms with Gasteiger partial charge < -0.3 is 4.74 Å². The molecule has 1 saturated heterocycles. The van der Waals surface area contributed by atoms with Crippen molar-refractivity contribution >= 4 is 0 Å². The van der Waals surface area contributed by atoms with Crippen molar-refractivity contribution in [3.8, 4) is 0 Å². The van der Waals surface area contributed by atoms with Crippen LogP contribution in [-0.2, 0) is 4.74 Å². The first-order chi connectivity index (χ1) is 6.27. The van der Waals surface area contributed by atoms with Crippen LogP contribution >= 0.6 is 0 Å². The molecule has 1 aliphatic rings. The van der Waals surface area contributed by atoms with Crippen molar-refractivity contribution in [1.29, 1.82) is 0 Å². The number of ether oxygens (including phenoxy) is 1. The first-order valence-corrected chi connectivity index (χ1v) is 4.60. The summed E-state index contributed by atoms with van der Waals surface area (Å²) < 4.78 is 18.0. The fourth-order valence-electron chi connectivity index (χ4n) is 1.80. The molecule has 0 bridgehead atoms. The molecule has 1 nitrogen and oxygen atoms in total. The van der Waals surface area contributed by atoms with Gasteiger partial charge in [0.25, 0.3) is 0 Å². The van der Waals surface area contributed by atoms with Crippen molar-refractivity contribution in [1.82, 2.24) is 0 Å². The Morgan fingerprint density at radius 1 is 1.23 bits per heavy atom. The van der Waals surface area contributed by atoms with Crippen LogP contribution in [0.5, 0.6) is 0 Å². The third kappa shape index (κ3) is 1.73. The van der Waals surface area contributed by atoms with E-state index in [1.165, 1.54) is 17.7 Å². The van der Waals surface area contributed by atoms with Crippen LogP contribution in [0.3, 0.4) is 0 Å². The Bertz CT molecular complexity index is 281. The highest BCUT2D eigenvalue weighted by Gasteiger charge is 2.25. The average Bonchev–Trinajstić information content (AvgIpc) is 2.53. The van der Waals surface area contributed by atoms with E-state index in [-0.39, 0.29) is 5.82 Å². The number of hydrogen-bond acceptors (Lipinski definition) is 1. The van der Waals surface area contributed by atoms with Gasteiger partial charge in [-0.15, -0.1) is 0 Å². The summed E-state index contributed by atoms with van der Waals surface area (Å²) in [4.78, 5) is 0. The summed E-state index contributed by atoms with van der Waals surface area (Å²) in [6.45, 7) is 3.76. The molecule has 0 amide bonds. The van der Waals surface area contributed by atoms with Crippen molar-refractivity contribution in [2.45, 2.75) is 12.8 Å². The quantitative estimate of drug-likeness (QED) is 0.645. The van der Waals surface area contributed by atoms with Crippen LogP contribution in [0.1, 0.15) is 18.4 Å². The standard InChI is InChI=1S/C11H13FO/c1-8-6-13-7-11(8)9-2-4-10(12)5-3-9/h2-5,8,11H,6-7H2,1H3/t8-,11-/m0/s1. The third-order valence-electron chi connectivity index (χ3n) is 2.66. The van der Waals surface area contributed by atoms with Crippen LogP contribution in [0, 0.1) is 11.7 Å². The minimum absolute atomic E-state index is 0.171. The van der Waals surface area contributed by atoms with Crippen LogP contribution in [0.4, 0.5) is 4.39 Å². The van der Waals surface area contributed by atoms with E-state index in [0.717, 1.165) is 13.2 Å². The molecule has 1 aromatic carbocycles. The minimum atomic E-state index is -0.171. The van der Waals surface area contributed by atoms with Gasteiger partial charge in [-0.1, -0.05) is 19.1 Å². The Labute approximate surface area is 77.5 Å². The summed E-state index contributed by atoms with van der Waals surface area (Å²) in [5, 5.41) is 0. The predicted molar refractivity (Wildman–Crippen MR) is 49.1 cm³/mol. The van der Waals surface area contributed by atoms with E-state index in [4.69, 9.17) is 4.74 Å². The monoisotopic (exact) mass is 180 g/mol. The summed E-state index contributed by atoms with van der Waals surface area (Å²) in [5.74, 6) is 0.821. The third-order valence-corrected chi connectivity index (χ3v) is 2.66. The predicted octanol–water partition coefficient (Wildman–Crippen LogP) is 2.58. The molecule has 0 saturated carbocycles. The second-order valence-corrected chi connectivity index (χ2v) is 3.67. The summed E-state index contributed by atoms with van der Waals surface area (Å²) >= 11 is 0. The largest absolute Gasteiger partial charge is 0.381 e. The number of rotatable bonds is 1.